The quantitative estimate of drug-likeness (QED) is 0.629. The van der Waals surface area contributed by atoms with E-state index >= 15 is 0 Å². The molecule has 0 amide bonds. The third-order valence-corrected chi connectivity index (χ3v) is 3.25. The second kappa shape index (κ2) is 4.21. The summed E-state index contributed by atoms with van der Waals surface area (Å²) in [6.45, 7) is 4.01. The van der Waals surface area contributed by atoms with Crippen LogP contribution in [0.25, 0.3) is 0 Å². The Hall–Kier alpha value is 0.270. The minimum atomic E-state index is 0.716. The van der Waals surface area contributed by atoms with Crippen LogP contribution in [0.5, 0.6) is 0 Å². The van der Waals surface area contributed by atoms with E-state index in [4.69, 9.17) is 5.73 Å². The van der Waals surface area contributed by atoms with Gasteiger partial charge in [-0.15, -0.1) is 0 Å². The summed E-state index contributed by atoms with van der Waals surface area (Å²) in [5, 5.41) is 4.22. The van der Waals surface area contributed by atoms with Gasteiger partial charge < -0.3 is 11.1 Å². The van der Waals surface area contributed by atoms with Gasteiger partial charge in [0.15, 0.2) is 0 Å². The van der Waals surface area contributed by atoms with Gasteiger partial charge in [-0.3, -0.25) is 0 Å². The first kappa shape index (κ1) is 8.37. The molecule has 0 saturated carbocycles. The molecule has 10 heavy (non-hydrogen) atoms. The van der Waals surface area contributed by atoms with Gasteiger partial charge in [0.2, 0.25) is 0 Å². The number of nitrogens with two attached hydrogens (primary N) is 1. The molecule has 0 aliphatic carbocycles. The number of thioether (sulfide) groups is 1. The third-order valence-electron chi connectivity index (χ3n) is 1.93. The summed E-state index contributed by atoms with van der Waals surface area (Å²) in [6, 6.07) is 0.716. The fourth-order valence-corrected chi connectivity index (χ4v) is 2.49. The van der Waals surface area contributed by atoms with Gasteiger partial charge in [-0.05, 0) is 12.2 Å². The Morgan fingerprint density at radius 1 is 1.70 bits per heavy atom. The van der Waals surface area contributed by atoms with Crippen LogP contribution in [0.3, 0.4) is 0 Å². The van der Waals surface area contributed by atoms with Crippen molar-refractivity contribution in [3.05, 3.63) is 0 Å². The molecular formula is C7H16N2S. The van der Waals surface area contributed by atoms with Crippen LogP contribution >= 0.6 is 11.8 Å². The normalized spacial score (nSPS) is 33.0. The van der Waals surface area contributed by atoms with Crippen LogP contribution in [0.4, 0.5) is 0 Å². The molecule has 0 aromatic heterocycles. The van der Waals surface area contributed by atoms with E-state index < -0.39 is 0 Å². The van der Waals surface area contributed by atoms with Crippen molar-refractivity contribution in [2.75, 3.05) is 18.8 Å². The third kappa shape index (κ3) is 2.15. The largest absolute Gasteiger partial charge is 0.329 e. The van der Waals surface area contributed by atoms with Crippen molar-refractivity contribution in [1.82, 2.24) is 5.32 Å². The Morgan fingerprint density at radius 3 is 3.00 bits per heavy atom. The second-order valence-electron chi connectivity index (χ2n) is 2.71. The number of nitrogens with one attached hydrogen (secondary N) is 1. The monoisotopic (exact) mass is 160 g/mol. The van der Waals surface area contributed by atoms with Crippen LogP contribution in [0, 0.1) is 0 Å². The zero-order valence-electron chi connectivity index (χ0n) is 6.47. The summed E-state index contributed by atoms with van der Waals surface area (Å²) in [6.07, 6.45) is 1.31. The lowest BCUT2D eigenvalue weighted by Crippen LogP contribution is -2.36. The first-order valence-corrected chi connectivity index (χ1v) is 4.94. The predicted molar refractivity (Wildman–Crippen MR) is 47.4 cm³/mol. The molecule has 1 saturated heterocycles. The molecule has 2 atom stereocenters. The van der Waals surface area contributed by atoms with Crippen LogP contribution in [-0.4, -0.2) is 30.1 Å². The Morgan fingerprint density at radius 2 is 2.50 bits per heavy atom. The van der Waals surface area contributed by atoms with Crippen molar-refractivity contribution >= 4 is 11.8 Å². The van der Waals surface area contributed by atoms with Gasteiger partial charge in [0.05, 0.1) is 0 Å². The lowest BCUT2D eigenvalue weighted by molar-refractivity contribution is 0.520. The van der Waals surface area contributed by atoms with Crippen molar-refractivity contribution in [2.45, 2.75) is 24.6 Å². The first-order valence-electron chi connectivity index (χ1n) is 3.89. The summed E-state index contributed by atoms with van der Waals surface area (Å²) in [5.41, 5.74) is 5.38. The Balaban J connectivity index is 2.14. The van der Waals surface area contributed by atoms with Crippen molar-refractivity contribution in [3.63, 3.8) is 0 Å². The van der Waals surface area contributed by atoms with E-state index in [1.165, 1.54) is 12.2 Å². The van der Waals surface area contributed by atoms with Gasteiger partial charge in [0.1, 0.15) is 0 Å². The molecule has 0 spiro atoms. The molecule has 1 aliphatic heterocycles. The molecule has 0 bridgehead atoms. The lowest BCUT2D eigenvalue weighted by atomic mass is 10.2. The van der Waals surface area contributed by atoms with E-state index in [9.17, 15) is 0 Å². The van der Waals surface area contributed by atoms with Crippen LogP contribution in [-0.2, 0) is 0 Å². The standard InChI is InChI=1S/C7H16N2S/c1-6-7(2-5-10-6)9-4-3-8/h6-7,9H,2-5,8H2,1H3. The molecule has 2 unspecified atom stereocenters. The highest BCUT2D eigenvalue weighted by Gasteiger charge is 2.22. The number of hydrogen-bond acceptors (Lipinski definition) is 3. The van der Waals surface area contributed by atoms with E-state index in [0.29, 0.717) is 6.04 Å². The molecule has 1 heterocycles. The minimum Gasteiger partial charge on any atom is -0.329 e. The summed E-state index contributed by atoms with van der Waals surface area (Å²) in [7, 11) is 0. The van der Waals surface area contributed by atoms with Crippen molar-refractivity contribution in [1.29, 1.82) is 0 Å². The van der Waals surface area contributed by atoms with Gasteiger partial charge in [-0.2, -0.15) is 11.8 Å². The topological polar surface area (TPSA) is 38.0 Å². The number of rotatable bonds is 3. The highest BCUT2D eigenvalue weighted by Crippen LogP contribution is 2.25. The maximum absolute atomic E-state index is 5.38. The second-order valence-corrected chi connectivity index (χ2v) is 4.20. The van der Waals surface area contributed by atoms with Crippen LogP contribution < -0.4 is 11.1 Å². The maximum Gasteiger partial charge on any atom is 0.0192 e. The van der Waals surface area contributed by atoms with Crippen molar-refractivity contribution < 1.29 is 0 Å². The zero-order valence-corrected chi connectivity index (χ0v) is 7.29. The summed E-state index contributed by atoms with van der Waals surface area (Å²) in [5.74, 6) is 1.31. The zero-order chi connectivity index (χ0) is 7.40. The van der Waals surface area contributed by atoms with Crippen LogP contribution in [0.15, 0.2) is 0 Å². The summed E-state index contributed by atoms with van der Waals surface area (Å²) >= 11 is 2.05. The molecule has 1 fully saturated rings. The molecular weight excluding hydrogens is 144 g/mol. The average molecular weight is 160 g/mol. The molecule has 0 aromatic rings. The molecule has 1 rings (SSSR count). The van der Waals surface area contributed by atoms with E-state index in [0.717, 1.165) is 18.3 Å². The Kier molecular flexibility index (Phi) is 3.52. The maximum atomic E-state index is 5.38. The minimum absolute atomic E-state index is 0.716. The van der Waals surface area contributed by atoms with E-state index in [2.05, 4.69) is 24.0 Å². The first-order chi connectivity index (χ1) is 4.84. The van der Waals surface area contributed by atoms with E-state index in [1.807, 2.05) is 0 Å². The molecule has 3 N–H and O–H groups in total. The van der Waals surface area contributed by atoms with Gasteiger partial charge in [-0.25, -0.2) is 0 Å². The van der Waals surface area contributed by atoms with Gasteiger partial charge in [-0.1, -0.05) is 6.92 Å². The fraction of sp³-hybridized carbons (Fsp3) is 1.00. The van der Waals surface area contributed by atoms with Crippen molar-refractivity contribution in [3.8, 4) is 0 Å². The predicted octanol–water partition coefficient (Wildman–Crippen LogP) is 0.429. The van der Waals surface area contributed by atoms with Crippen molar-refractivity contribution in [2.24, 2.45) is 5.73 Å². The fourth-order valence-electron chi connectivity index (χ4n) is 1.27. The SMILES string of the molecule is CC1SCCC1NCCN. The summed E-state index contributed by atoms with van der Waals surface area (Å²) in [4.78, 5) is 0. The van der Waals surface area contributed by atoms with Gasteiger partial charge in [0, 0.05) is 24.4 Å². The molecule has 2 nitrogen and oxygen atoms in total. The van der Waals surface area contributed by atoms with E-state index in [1.54, 1.807) is 0 Å². The highest BCUT2D eigenvalue weighted by atomic mass is 32.2. The lowest BCUT2D eigenvalue weighted by Gasteiger charge is -2.15. The Bertz CT molecular complexity index is 97.6. The van der Waals surface area contributed by atoms with Crippen LogP contribution in [0.2, 0.25) is 0 Å². The van der Waals surface area contributed by atoms with Gasteiger partial charge >= 0.3 is 0 Å². The number of hydrogen-bond donors (Lipinski definition) is 2. The van der Waals surface area contributed by atoms with Crippen LogP contribution in [0.1, 0.15) is 13.3 Å². The molecule has 0 radical (unpaired) electrons. The van der Waals surface area contributed by atoms with E-state index in [-0.39, 0.29) is 0 Å². The highest BCUT2D eigenvalue weighted by molar-refractivity contribution is 8.00. The molecule has 3 heteroatoms. The molecule has 0 aromatic carbocycles. The van der Waals surface area contributed by atoms with Gasteiger partial charge in [0.25, 0.3) is 0 Å². The Labute approximate surface area is 66.9 Å². The average Bonchev–Trinajstić information content (AvgIpc) is 2.31. The molecule has 1 aliphatic rings. The summed E-state index contributed by atoms with van der Waals surface area (Å²) < 4.78 is 0. The molecule has 60 valence electrons. The smallest absolute Gasteiger partial charge is 0.0192 e.